The number of fused-ring (bicyclic) bond motifs is 1. The van der Waals surface area contributed by atoms with Crippen LogP contribution in [0.3, 0.4) is 0 Å². The Balaban J connectivity index is 0.00000264. The van der Waals surface area contributed by atoms with Gasteiger partial charge in [0.2, 0.25) is 5.91 Å². The van der Waals surface area contributed by atoms with Crippen molar-refractivity contribution >= 4 is 30.1 Å². The number of hydrogen-bond acceptors (Lipinski definition) is 3. The SMILES string of the molecule is CSCC[C@H](N)C(=O)N1CCc2cc(C(C)(C)C)ccc2C1.Cl. The van der Waals surface area contributed by atoms with E-state index in [4.69, 9.17) is 5.73 Å². The van der Waals surface area contributed by atoms with E-state index in [0.29, 0.717) is 6.54 Å². The molecule has 5 heteroatoms. The molecule has 0 bridgehead atoms. The highest BCUT2D eigenvalue weighted by atomic mass is 35.5. The summed E-state index contributed by atoms with van der Waals surface area (Å²) in [7, 11) is 0. The predicted octanol–water partition coefficient (Wildman–Crippen LogP) is 3.37. The molecular weight excluding hydrogens is 328 g/mol. The quantitative estimate of drug-likeness (QED) is 0.899. The van der Waals surface area contributed by atoms with Crippen LogP contribution in [0.1, 0.15) is 43.9 Å². The van der Waals surface area contributed by atoms with Crippen LogP contribution in [0.2, 0.25) is 0 Å². The lowest BCUT2D eigenvalue weighted by atomic mass is 9.84. The summed E-state index contributed by atoms with van der Waals surface area (Å²) in [5.41, 5.74) is 10.2. The zero-order chi connectivity index (χ0) is 16.3. The minimum absolute atomic E-state index is 0. The van der Waals surface area contributed by atoms with Gasteiger partial charge in [-0.3, -0.25) is 4.79 Å². The van der Waals surface area contributed by atoms with Crippen molar-refractivity contribution < 1.29 is 4.79 Å². The number of nitrogens with zero attached hydrogens (tertiary/aromatic N) is 1. The van der Waals surface area contributed by atoms with E-state index in [0.717, 1.165) is 25.1 Å². The molecular formula is C18H29ClN2OS. The van der Waals surface area contributed by atoms with Gasteiger partial charge in [-0.1, -0.05) is 39.0 Å². The maximum absolute atomic E-state index is 12.4. The van der Waals surface area contributed by atoms with Gasteiger partial charge in [-0.2, -0.15) is 11.8 Å². The summed E-state index contributed by atoms with van der Waals surface area (Å²) in [6.07, 6.45) is 3.73. The largest absolute Gasteiger partial charge is 0.337 e. The number of benzene rings is 1. The van der Waals surface area contributed by atoms with Crippen LogP contribution < -0.4 is 5.73 Å². The molecule has 0 radical (unpaired) electrons. The van der Waals surface area contributed by atoms with Gasteiger partial charge in [-0.05, 0) is 47.0 Å². The van der Waals surface area contributed by atoms with E-state index < -0.39 is 0 Å². The predicted molar refractivity (Wildman–Crippen MR) is 102 cm³/mol. The monoisotopic (exact) mass is 356 g/mol. The molecule has 23 heavy (non-hydrogen) atoms. The van der Waals surface area contributed by atoms with Gasteiger partial charge in [-0.15, -0.1) is 12.4 Å². The molecule has 0 unspecified atom stereocenters. The first-order valence-electron chi connectivity index (χ1n) is 7.98. The number of nitrogens with two attached hydrogens (primary N) is 1. The highest BCUT2D eigenvalue weighted by molar-refractivity contribution is 7.98. The van der Waals surface area contributed by atoms with Crippen LogP contribution in [0.4, 0.5) is 0 Å². The number of hydrogen-bond donors (Lipinski definition) is 1. The average Bonchev–Trinajstić information content (AvgIpc) is 2.49. The topological polar surface area (TPSA) is 46.3 Å². The molecule has 3 nitrogen and oxygen atoms in total. The Morgan fingerprint density at radius 2 is 2.04 bits per heavy atom. The standard InChI is InChI=1S/C18H28N2OS.ClH/c1-18(2,3)15-6-5-14-12-20(9-7-13(14)11-15)17(21)16(19)8-10-22-4;/h5-6,11,16H,7-10,12,19H2,1-4H3;1H/t16-;/m0./s1. The molecule has 1 aliphatic heterocycles. The van der Waals surface area contributed by atoms with Gasteiger partial charge in [0.05, 0.1) is 6.04 Å². The van der Waals surface area contributed by atoms with E-state index in [9.17, 15) is 4.79 Å². The number of amides is 1. The first-order valence-corrected chi connectivity index (χ1v) is 9.38. The van der Waals surface area contributed by atoms with Crippen LogP contribution in [0.25, 0.3) is 0 Å². The van der Waals surface area contributed by atoms with Crippen molar-refractivity contribution in [3.63, 3.8) is 0 Å². The Labute approximate surface area is 150 Å². The first kappa shape index (κ1) is 20.3. The second-order valence-corrected chi connectivity index (χ2v) is 8.12. The molecule has 0 saturated carbocycles. The van der Waals surface area contributed by atoms with Crippen LogP contribution in [-0.4, -0.2) is 35.4 Å². The van der Waals surface area contributed by atoms with E-state index in [2.05, 4.69) is 39.0 Å². The molecule has 130 valence electrons. The molecule has 0 aliphatic carbocycles. The maximum atomic E-state index is 12.4. The first-order chi connectivity index (χ1) is 10.3. The lowest BCUT2D eigenvalue weighted by Gasteiger charge is -2.32. The van der Waals surface area contributed by atoms with Crippen molar-refractivity contribution in [2.75, 3.05) is 18.6 Å². The molecule has 0 saturated heterocycles. The van der Waals surface area contributed by atoms with Gasteiger partial charge in [0.25, 0.3) is 0 Å². The Kier molecular flexibility index (Phi) is 7.43. The Bertz CT molecular complexity index is 542. The van der Waals surface area contributed by atoms with Gasteiger partial charge in [-0.25, -0.2) is 0 Å². The summed E-state index contributed by atoms with van der Waals surface area (Å²) in [5.74, 6) is 1.03. The van der Waals surface area contributed by atoms with E-state index in [1.165, 1.54) is 16.7 Å². The second kappa shape index (κ2) is 8.41. The third-order valence-corrected chi connectivity index (χ3v) is 4.99. The summed E-state index contributed by atoms with van der Waals surface area (Å²) in [5, 5.41) is 0. The lowest BCUT2D eigenvalue weighted by Crippen LogP contribution is -2.46. The van der Waals surface area contributed by atoms with Crippen LogP contribution in [0, 0.1) is 0 Å². The number of thioether (sulfide) groups is 1. The smallest absolute Gasteiger partial charge is 0.239 e. The minimum Gasteiger partial charge on any atom is -0.337 e. The molecule has 0 spiro atoms. The molecule has 1 heterocycles. The molecule has 1 amide bonds. The normalized spacial score (nSPS) is 15.6. The summed E-state index contributed by atoms with van der Waals surface area (Å²) >= 11 is 1.74. The van der Waals surface area contributed by atoms with Crippen molar-refractivity contribution in [1.29, 1.82) is 0 Å². The van der Waals surface area contributed by atoms with Crippen molar-refractivity contribution in [2.24, 2.45) is 5.73 Å². The highest BCUT2D eigenvalue weighted by Gasteiger charge is 2.25. The number of carbonyl (C=O) groups is 1. The maximum Gasteiger partial charge on any atom is 0.239 e. The molecule has 2 rings (SSSR count). The van der Waals surface area contributed by atoms with Gasteiger partial charge in [0.15, 0.2) is 0 Å². The van der Waals surface area contributed by atoms with Crippen molar-refractivity contribution in [3.8, 4) is 0 Å². The fourth-order valence-electron chi connectivity index (χ4n) is 2.81. The summed E-state index contributed by atoms with van der Waals surface area (Å²) in [6.45, 7) is 8.19. The third-order valence-electron chi connectivity index (χ3n) is 4.35. The van der Waals surface area contributed by atoms with Crippen LogP contribution >= 0.6 is 24.2 Å². The number of carbonyl (C=O) groups excluding carboxylic acids is 1. The summed E-state index contributed by atoms with van der Waals surface area (Å²) < 4.78 is 0. The summed E-state index contributed by atoms with van der Waals surface area (Å²) in [4.78, 5) is 14.4. The Hall–Kier alpha value is -0.710. The summed E-state index contributed by atoms with van der Waals surface area (Å²) in [6, 6.07) is 6.33. The fourth-order valence-corrected chi connectivity index (χ4v) is 3.30. The lowest BCUT2D eigenvalue weighted by molar-refractivity contribution is -0.133. The van der Waals surface area contributed by atoms with Gasteiger partial charge in [0, 0.05) is 13.1 Å². The molecule has 1 aliphatic rings. The van der Waals surface area contributed by atoms with E-state index in [1.54, 1.807) is 11.8 Å². The van der Waals surface area contributed by atoms with E-state index >= 15 is 0 Å². The number of rotatable bonds is 4. The Morgan fingerprint density at radius 3 is 2.65 bits per heavy atom. The molecule has 0 fully saturated rings. The zero-order valence-electron chi connectivity index (χ0n) is 14.6. The molecule has 1 aromatic rings. The zero-order valence-corrected chi connectivity index (χ0v) is 16.2. The molecule has 2 N–H and O–H groups in total. The van der Waals surface area contributed by atoms with Gasteiger partial charge in [0.1, 0.15) is 0 Å². The van der Waals surface area contributed by atoms with Crippen molar-refractivity contribution in [3.05, 3.63) is 34.9 Å². The third kappa shape index (κ3) is 5.13. The Morgan fingerprint density at radius 1 is 1.35 bits per heavy atom. The molecule has 1 atom stereocenters. The van der Waals surface area contributed by atoms with E-state index in [1.807, 2.05) is 11.2 Å². The van der Waals surface area contributed by atoms with E-state index in [-0.39, 0.29) is 29.8 Å². The van der Waals surface area contributed by atoms with Crippen LogP contribution in [0.15, 0.2) is 18.2 Å². The van der Waals surface area contributed by atoms with Crippen molar-refractivity contribution in [1.82, 2.24) is 4.90 Å². The highest BCUT2D eigenvalue weighted by Crippen LogP contribution is 2.27. The van der Waals surface area contributed by atoms with Crippen LogP contribution in [0.5, 0.6) is 0 Å². The molecule has 1 aromatic carbocycles. The van der Waals surface area contributed by atoms with Gasteiger partial charge >= 0.3 is 0 Å². The van der Waals surface area contributed by atoms with Crippen molar-refractivity contribution in [2.45, 2.75) is 51.6 Å². The average molecular weight is 357 g/mol. The number of halogens is 1. The fraction of sp³-hybridized carbons (Fsp3) is 0.611. The molecule has 0 aromatic heterocycles. The van der Waals surface area contributed by atoms with Crippen LogP contribution in [-0.2, 0) is 23.2 Å². The second-order valence-electron chi connectivity index (χ2n) is 7.13. The minimum atomic E-state index is -0.358. The van der Waals surface area contributed by atoms with Gasteiger partial charge < -0.3 is 10.6 Å².